The van der Waals surface area contributed by atoms with Gasteiger partial charge in [-0.25, -0.2) is 18.0 Å². The monoisotopic (exact) mass is 456 g/mol. The summed E-state index contributed by atoms with van der Waals surface area (Å²) in [6.45, 7) is 8.05. The SMILES string of the molecule is CCOC(=O)C1=C(CS(=O)(=O)c2ccccc2)NC(=O)N[C@@H]1c1ccc(C(C)(C)C)cc1. The molecule has 1 heterocycles. The van der Waals surface area contributed by atoms with E-state index in [1.54, 1.807) is 25.1 Å². The first kappa shape index (κ1) is 23.5. The molecule has 0 saturated carbocycles. The largest absolute Gasteiger partial charge is 0.463 e. The van der Waals surface area contributed by atoms with Gasteiger partial charge in [0.1, 0.15) is 0 Å². The van der Waals surface area contributed by atoms with Crippen LogP contribution in [0.5, 0.6) is 0 Å². The van der Waals surface area contributed by atoms with Crippen LogP contribution in [0, 0.1) is 0 Å². The van der Waals surface area contributed by atoms with Crippen molar-refractivity contribution in [3.63, 3.8) is 0 Å². The van der Waals surface area contributed by atoms with E-state index in [1.165, 1.54) is 12.1 Å². The van der Waals surface area contributed by atoms with E-state index < -0.39 is 33.6 Å². The lowest BCUT2D eigenvalue weighted by Gasteiger charge is -2.30. The normalized spacial score (nSPS) is 16.9. The Bertz CT molecular complexity index is 1130. The van der Waals surface area contributed by atoms with Crippen LogP contribution in [0.3, 0.4) is 0 Å². The third-order valence-corrected chi connectivity index (χ3v) is 6.85. The van der Waals surface area contributed by atoms with E-state index in [0.717, 1.165) is 5.56 Å². The molecule has 8 heteroatoms. The first-order valence-corrected chi connectivity index (χ1v) is 12.0. The van der Waals surface area contributed by atoms with Gasteiger partial charge in [-0.3, -0.25) is 0 Å². The zero-order valence-corrected chi connectivity index (χ0v) is 19.5. The minimum absolute atomic E-state index is 0.0148. The van der Waals surface area contributed by atoms with Crippen molar-refractivity contribution in [3.8, 4) is 0 Å². The third-order valence-electron chi connectivity index (χ3n) is 5.20. The van der Waals surface area contributed by atoms with Gasteiger partial charge in [-0.15, -0.1) is 0 Å². The lowest BCUT2D eigenvalue weighted by Crippen LogP contribution is -2.47. The highest BCUT2D eigenvalue weighted by Crippen LogP contribution is 2.31. The molecule has 2 aromatic carbocycles. The van der Waals surface area contributed by atoms with E-state index in [4.69, 9.17) is 4.74 Å². The summed E-state index contributed by atoms with van der Waals surface area (Å²) in [7, 11) is -3.80. The molecule has 1 atom stereocenters. The molecule has 0 aromatic heterocycles. The fourth-order valence-electron chi connectivity index (χ4n) is 3.51. The second-order valence-corrected chi connectivity index (χ2v) is 10.6. The number of carbonyl (C=O) groups is 2. The highest BCUT2D eigenvalue weighted by molar-refractivity contribution is 7.91. The molecule has 1 aliphatic heterocycles. The molecule has 1 aliphatic rings. The number of ether oxygens (including phenoxy) is 1. The number of carbonyl (C=O) groups excluding carboxylic acids is 2. The number of urea groups is 1. The van der Waals surface area contributed by atoms with Crippen LogP contribution in [0.1, 0.15) is 44.9 Å². The van der Waals surface area contributed by atoms with Crippen molar-refractivity contribution < 1.29 is 22.7 Å². The molecule has 2 N–H and O–H groups in total. The number of sulfone groups is 1. The standard InChI is InChI=1S/C24H28N2O5S/c1-5-31-22(27)20-19(15-32(29,30)18-9-7-6-8-10-18)25-23(28)26-21(20)16-11-13-17(14-12-16)24(2,3)4/h6-14,21H,5,15H2,1-4H3,(H2,25,26,28)/t21-/m1/s1. The van der Waals surface area contributed by atoms with Crippen LogP contribution in [0.2, 0.25) is 0 Å². The van der Waals surface area contributed by atoms with E-state index in [2.05, 4.69) is 31.4 Å². The highest BCUT2D eigenvalue weighted by atomic mass is 32.2. The van der Waals surface area contributed by atoms with Gasteiger partial charge < -0.3 is 15.4 Å². The number of esters is 1. The second kappa shape index (κ2) is 9.16. The van der Waals surface area contributed by atoms with E-state index in [0.29, 0.717) is 5.56 Å². The van der Waals surface area contributed by atoms with Crippen molar-refractivity contribution in [2.24, 2.45) is 0 Å². The molecule has 32 heavy (non-hydrogen) atoms. The van der Waals surface area contributed by atoms with Crippen LogP contribution in [-0.2, 0) is 24.8 Å². The molecule has 7 nitrogen and oxygen atoms in total. The van der Waals surface area contributed by atoms with Crippen molar-refractivity contribution in [2.45, 2.75) is 44.0 Å². The Balaban J connectivity index is 2.08. The fourth-order valence-corrected chi connectivity index (χ4v) is 4.85. The van der Waals surface area contributed by atoms with Crippen LogP contribution < -0.4 is 10.6 Å². The third kappa shape index (κ3) is 5.19. The minimum Gasteiger partial charge on any atom is -0.463 e. The number of nitrogens with one attached hydrogen (secondary N) is 2. The molecule has 0 radical (unpaired) electrons. The van der Waals surface area contributed by atoms with Crippen LogP contribution in [0.25, 0.3) is 0 Å². The average Bonchev–Trinajstić information content (AvgIpc) is 2.73. The zero-order valence-electron chi connectivity index (χ0n) is 18.6. The summed E-state index contributed by atoms with van der Waals surface area (Å²) in [6.07, 6.45) is 0. The Morgan fingerprint density at radius 3 is 2.22 bits per heavy atom. The Morgan fingerprint density at radius 2 is 1.66 bits per heavy atom. The van der Waals surface area contributed by atoms with Gasteiger partial charge in [0.05, 0.1) is 28.9 Å². The van der Waals surface area contributed by atoms with Crippen molar-refractivity contribution in [1.29, 1.82) is 0 Å². The van der Waals surface area contributed by atoms with Gasteiger partial charge in [0.2, 0.25) is 0 Å². The molecule has 0 aliphatic carbocycles. The van der Waals surface area contributed by atoms with Crippen molar-refractivity contribution in [3.05, 3.63) is 77.0 Å². The lowest BCUT2D eigenvalue weighted by atomic mass is 9.85. The van der Waals surface area contributed by atoms with Gasteiger partial charge in [0.25, 0.3) is 0 Å². The molecule has 0 bridgehead atoms. The maximum absolute atomic E-state index is 13.0. The van der Waals surface area contributed by atoms with Gasteiger partial charge in [0, 0.05) is 5.70 Å². The van der Waals surface area contributed by atoms with Gasteiger partial charge in [-0.1, -0.05) is 63.2 Å². The Kier molecular flexibility index (Phi) is 6.74. The zero-order chi connectivity index (χ0) is 23.5. The molecule has 0 unspecified atom stereocenters. The number of benzene rings is 2. The number of rotatable bonds is 6. The topological polar surface area (TPSA) is 102 Å². The second-order valence-electron chi connectivity index (χ2n) is 8.59. The average molecular weight is 457 g/mol. The molecule has 0 spiro atoms. The van der Waals surface area contributed by atoms with Crippen molar-refractivity contribution in [1.82, 2.24) is 10.6 Å². The molecule has 3 rings (SSSR count). The van der Waals surface area contributed by atoms with E-state index >= 15 is 0 Å². The first-order chi connectivity index (χ1) is 15.0. The molecular formula is C24H28N2O5S. The fraction of sp³-hybridized carbons (Fsp3) is 0.333. The number of hydrogen-bond acceptors (Lipinski definition) is 5. The summed E-state index contributed by atoms with van der Waals surface area (Å²) < 4.78 is 31.2. The van der Waals surface area contributed by atoms with Gasteiger partial charge in [0.15, 0.2) is 9.84 Å². The quantitative estimate of drug-likeness (QED) is 0.647. The molecule has 2 aromatic rings. The summed E-state index contributed by atoms with van der Waals surface area (Å²) >= 11 is 0. The summed E-state index contributed by atoms with van der Waals surface area (Å²) in [5.74, 6) is -1.21. The molecular weight excluding hydrogens is 428 g/mol. The predicted molar refractivity (Wildman–Crippen MR) is 122 cm³/mol. The predicted octanol–water partition coefficient (Wildman–Crippen LogP) is 3.63. The van der Waals surface area contributed by atoms with Gasteiger partial charge in [-0.2, -0.15) is 0 Å². The van der Waals surface area contributed by atoms with Crippen LogP contribution in [0.4, 0.5) is 4.79 Å². The molecule has 2 amide bonds. The Hall–Kier alpha value is -3.13. The Morgan fingerprint density at radius 1 is 1.03 bits per heavy atom. The molecule has 0 saturated heterocycles. The smallest absolute Gasteiger partial charge is 0.338 e. The molecule has 0 fully saturated rings. The van der Waals surface area contributed by atoms with Crippen molar-refractivity contribution in [2.75, 3.05) is 12.4 Å². The van der Waals surface area contributed by atoms with Gasteiger partial charge in [-0.05, 0) is 35.6 Å². The minimum atomic E-state index is -3.80. The maximum Gasteiger partial charge on any atom is 0.338 e. The van der Waals surface area contributed by atoms with Crippen LogP contribution in [0.15, 0.2) is 70.8 Å². The van der Waals surface area contributed by atoms with Crippen molar-refractivity contribution >= 4 is 21.8 Å². The van der Waals surface area contributed by atoms with E-state index in [1.807, 2.05) is 24.3 Å². The van der Waals surface area contributed by atoms with E-state index in [-0.39, 0.29) is 28.2 Å². The van der Waals surface area contributed by atoms with E-state index in [9.17, 15) is 18.0 Å². The van der Waals surface area contributed by atoms with Crippen LogP contribution >= 0.6 is 0 Å². The summed E-state index contributed by atoms with van der Waals surface area (Å²) in [5, 5.41) is 5.25. The summed E-state index contributed by atoms with van der Waals surface area (Å²) in [5.41, 5.74) is 1.78. The molecule has 170 valence electrons. The van der Waals surface area contributed by atoms with Crippen LogP contribution in [-0.4, -0.2) is 32.8 Å². The summed E-state index contributed by atoms with van der Waals surface area (Å²) in [4.78, 5) is 25.4. The lowest BCUT2D eigenvalue weighted by molar-refractivity contribution is -0.139. The maximum atomic E-state index is 13.0. The summed E-state index contributed by atoms with van der Waals surface area (Å²) in [6, 6.07) is 14.0. The highest BCUT2D eigenvalue weighted by Gasteiger charge is 2.35. The first-order valence-electron chi connectivity index (χ1n) is 10.4. The van der Waals surface area contributed by atoms with Gasteiger partial charge >= 0.3 is 12.0 Å². The number of hydrogen-bond donors (Lipinski definition) is 2. The Labute approximate surface area is 188 Å². The number of amides is 2.